The summed E-state index contributed by atoms with van der Waals surface area (Å²) >= 11 is 0. The monoisotopic (exact) mass is 345 g/mol. The van der Waals surface area contributed by atoms with Gasteiger partial charge in [0.2, 0.25) is 0 Å². The van der Waals surface area contributed by atoms with Crippen LogP contribution in [0, 0.1) is 10.1 Å². The molecule has 7 nitrogen and oxygen atoms in total. The number of carbonyl (C=O) groups is 1. The Labute approximate surface area is 147 Å². The highest BCUT2D eigenvalue weighted by atomic mass is 16.6. The zero-order chi connectivity index (χ0) is 18.0. The fourth-order valence-electron chi connectivity index (χ4n) is 3.85. The Kier molecular flexibility index (Phi) is 5.03. The molecule has 0 bridgehead atoms. The first-order valence-electron chi connectivity index (χ1n) is 8.54. The molecule has 2 aliphatic rings. The van der Waals surface area contributed by atoms with Gasteiger partial charge in [-0.2, -0.15) is 0 Å². The molecular weight excluding hydrogens is 322 g/mol. The van der Waals surface area contributed by atoms with Crippen molar-refractivity contribution in [1.29, 1.82) is 0 Å². The summed E-state index contributed by atoms with van der Waals surface area (Å²) < 4.78 is 4.73. The lowest BCUT2D eigenvalue weighted by molar-refractivity contribution is -0.385. The van der Waals surface area contributed by atoms with E-state index >= 15 is 0 Å². The van der Waals surface area contributed by atoms with E-state index in [-0.39, 0.29) is 11.3 Å². The molecule has 3 rings (SSSR count). The number of nitro benzene ring substituents is 1. The number of nitrogens with zero attached hydrogens (tertiary/aromatic N) is 3. The van der Waals surface area contributed by atoms with Gasteiger partial charge in [0.25, 0.3) is 5.69 Å². The molecule has 0 aromatic heterocycles. The highest BCUT2D eigenvalue weighted by Gasteiger charge is 2.33. The Balaban J connectivity index is 1.86. The van der Waals surface area contributed by atoms with Crippen molar-refractivity contribution in [2.24, 2.45) is 0 Å². The fourth-order valence-corrected chi connectivity index (χ4v) is 3.85. The summed E-state index contributed by atoms with van der Waals surface area (Å²) in [5.41, 5.74) is 1.73. The number of hydrogen-bond acceptors (Lipinski definition) is 6. The van der Waals surface area contributed by atoms with Crippen LogP contribution >= 0.6 is 0 Å². The average Bonchev–Trinajstić information content (AvgIpc) is 3.04. The summed E-state index contributed by atoms with van der Waals surface area (Å²) in [6.07, 6.45) is 4.77. The third kappa shape index (κ3) is 3.37. The average molecular weight is 345 g/mol. The Morgan fingerprint density at radius 2 is 2.12 bits per heavy atom. The Hall–Kier alpha value is -2.41. The van der Waals surface area contributed by atoms with Gasteiger partial charge in [0.1, 0.15) is 5.56 Å². The van der Waals surface area contributed by atoms with Crippen LogP contribution in [0.5, 0.6) is 0 Å². The van der Waals surface area contributed by atoms with E-state index in [4.69, 9.17) is 4.74 Å². The molecule has 1 aromatic rings. The van der Waals surface area contributed by atoms with Crippen molar-refractivity contribution >= 4 is 17.3 Å². The number of anilines is 1. The molecule has 134 valence electrons. The number of benzene rings is 1. The van der Waals surface area contributed by atoms with Crippen molar-refractivity contribution in [3.8, 4) is 0 Å². The lowest BCUT2D eigenvalue weighted by atomic mass is 10.0. The predicted molar refractivity (Wildman–Crippen MR) is 95.1 cm³/mol. The Morgan fingerprint density at radius 1 is 1.40 bits per heavy atom. The first-order chi connectivity index (χ1) is 12.0. The van der Waals surface area contributed by atoms with Crippen LogP contribution in [0.2, 0.25) is 0 Å². The van der Waals surface area contributed by atoms with Crippen molar-refractivity contribution in [3.63, 3.8) is 0 Å². The van der Waals surface area contributed by atoms with E-state index in [1.807, 2.05) is 6.08 Å². The second-order valence-electron chi connectivity index (χ2n) is 6.51. The van der Waals surface area contributed by atoms with E-state index in [1.165, 1.54) is 13.2 Å². The number of hydrogen-bond donors (Lipinski definition) is 0. The summed E-state index contributed by atoms with van der Waals surface area (Å²) in [7, 11) is 1.24. The number of ether oxygens (including phenoxy) is 1. The van der Waals surface area contributed by atoms with Gasteiger partial charge in [0, 0.05) is 44.0 Å². The van der Waals surface area contributed by atoms with E-state index in [2.05, 4.69) is 16.4 Å². The molecule has 2 aliphatic heterocycles. The summed E-state index contributed by atoms with van der Waals surface area (Å²) in [5, 5.41) is 11.3. The predicted octanol–water partition coefficient (Wildman–Crippen LogP) is 2.39. The minimum Gasteiger partial charge on any atom is -0.465 e. The van der Waals surface area contributed by atoms with Gasteiger partial charge in [-0.15, -0.1) is 6.58 Å². The number of esters is 1. The van der Waals surface area contributed by atoms with E-state index < -0.39 is 10.9 Å². The molecule has 25 heavy (non-hydrogen) atoms. The molecule has 0 N–H and O–H groups in total. The lowest BCUT2D eigenvalue weighted by Crippen LogP contribution is -2.44. The number of methoxy groups -OCH3 is 1. The van der Waals surface area contributed by atoms with Gasteiger partial charge >= 0.3 is 5.97 Å². The third-order valence-corrected chi connectivity index (χ3v) is 5.12. The van der Waals surface area contributed by atoms with Crippen LogP contribution in [0.3, 0.4) is 0 Å². The zero-order valence-corrected chi connectivity index (χ0v) is 14.4. The van der Waals surface area contributed by atoms with Crippen LogP contribution in [-0.4, -0.2) is 55.1 Å². The molecule has 7 heteroatoms. The summed E-state index contributed by atoms with van der Waals surface area (Å²) in [4.78, 5) is 27.4. The molecule has 0 amide bonds. The molecule has 1 saturated heterocycles. The molecule has 2 heterocycles. The van der Waals surface area contributed by atoms with Gasteiger partial charge in [-0.25, -0.2) is 4.79 Å². The molecule has 0 saturated carbocycles. The first-order valence-corrected chi connectivity index (χ1v) is 8.54. The normalized spacial score (nSPS) is 18.0. The van der Waals surface area contributed by atoms with Crippen LogP contribution in [0.4, 0.5) is 11.4 Å². The number of likely N-dealkylation sites (tertiary alicyclic amines) is 1. The van der Waals surface area contributed by atoms with Crippen molar-refractivity contribution in [1.82, 2.24) is 4.90 Å². The molecular formula is C18H23N3O4. The van der Waals surface area contributed by atoms with Crippen LogP contribution in [0.1, 0.15) is 28.8 Å². The van der Waals surface area contributed by atoms with Crippen molar-refractivity contribution < 1.29 is 14.5 Å². The molecule has 0 atom stereocenters. The van der Waals surface area contributed by atoms with Crippen LogP contribution in [0.15, 0.2) is 24.8 Å². The summed E-state index contributed by atoms with van der Waals surface area (Å²) in [6.45, 7) is 7.55. The lowest BCUT2D eigenvalue weighted by Gasteiger charge is -2.37. The maximum absolute atomic E-state index is 12.0. The van der Waals surface area contributed by atoms with Gasteiger partial charge in [-0.05, 0) is 30.9 Å². The first kappa shape index (κ1) is 17.4. The van der Waals surface area contributed by atoms with Crippen LogP contribution < -0.4 is 4.90 Å². The smallest absolute Gasteiger partial charge is 0.344 e. The number of nitro groups is 1. The SMILES string of the molecule is C=CCN1CCC(N2CCc3cc([N+](=O)[O-])c(C(=O)OC)cc32)CC1. The second-order valence-corrected chi connectivity index (χ2v) is 6.51. The number of rotatable bonds is 5. The van der Waals surface area contributed by atoms with Gasteiger partial charge in [0.15, 0.2) is 0 Å². The maximum atomic E-state index is 12.0. The Morgan fingerprint density at radius 3 is 2.72 bits per heavy atom. The maximum Gasteiger partial charge on any atom is 0.344 e. The molecule has 0 radical (unpaired) electrons. The van der Waals surface area contributed by atoms with Crippen LogP contribution in [0.25, 0.3) is 0 Å². The van der Waals surface area contributed by atoms with Crippen molar-refractivity contribution in [2.75, 3.05) is 38.2 Å². The highest BCUT2D eigenvalue weighted by Crippen LogP contribution is 2.37. The van der Waals surface area contributed by atoms with E-state index in [1.54, 1.807) is 6.07 Å². The quantitative estimate of drug-likeness (QED) is 0.353. The summed E-state index contributed by atoms with van der Waals surface area (Å²) in [6, 6.07) is 3.57. The minimum atomic E-state index is -0.665. The van der Waals surface area contributed by atoms with Crippen molar-refractivity contribution in [3.05, 3.63) is 46.0 Å². The van der Waals surface area contributed by atoms with Gasteiger partial charge in [-0.1, -0.05) is 6.08 Å². The zero-order valence-electron chi connectivity index (χ0n) is 14.4. The number of piperidine rings is 1. The molecule has 0 aliphatic carbocycles. The van der Waals surface area contributed by atoms with Gasteiger partial charge in [0.05, 0.1) is 12.0 Å². The molecule has 1 fully saturated rings. The van der Waals surface area contributed by atoms with Gasteiger partial charge in [-0.3, -0.25) is 15.0 Å². The largest absolute Gasteiger partial charge is 0.465 e. The number of carbonyl (C=O) groups excluding carboxylic acids is 1. The standard InChI is InChI=1S/C18H23N3O4/c1-3-7-19-8-5-14(6-9-19)20-10-4-13-11-17(21(23)24)15(12-16(13)20)18(22)25-2/h3,11-12,14H,1,4-10H2,2H3. The van der Waals surface area contributed by atoms with Crippen molar-refractivity contribution in [2.45, 2.75) is 25.3 Å². The molecule has 1 aromatic carbocycles. The Bertz CT molecular complexity index is 696. The molecule has 0 spiro atoms. The third-order valence-electron chi connectivity index (χ3n) is 5.12. The minimum absolute atomic E-state index is 0.0299. The molecule has 0 unspecified atom stereocenters. The van der Waals surface area contributed by atoms with Crippen LogP contribution in [-0.2, 0) is 11.2 Å². The fraction of sp³-hybridized carbons (Fsp3) is 0.500. The van der Waals surface area contributed by atoms with E-state index in [0.29, 0.717) is 6.04 Å². The van der Waals surface area contributed by atoms with E-state index in [9.17, 15) is 14.9 Å². The van der Waals surface area contributed by atoms with E-state index in [0.717, 1.165) is 56.7 Å². The topological polar surface area (TPSA) is 75.9 Å². The van der Waals surface area contributed by atoms with Gasteiger partial charge < -0.3 is 9.64 Å². The number of fused-ring (bicyclic) bond motifs is 1. The summed E-state index contributed by atoms with van der Waals surface area (Å²) in [5.74, 6) is -0.665. The highest BCUT2D eigenvalue weighted by molar-refractivity contribution is 5.95. The second kappa shape index (κ2) is 7.23.